The summed E-state index contributed by atoms with van der Waals surface area (Å²) in [5.74, 6) is 0.954. The summed E-state index contributed by atoms with van der Waals surface area (Å²) in [4.78, 5) is 7.83. The second kappa shape index (κ2) is 11.2. The Labute approximate surface area is 278 Å². The highest BCUT2D eigenvalue weighted by Crippen LogP contribution is 2.42. The van der Waals surface area contributed by atoms with Crippen LogP contribution in [0.4, 0.5) is 17.1 Å². The Hall–Kier alpha value is -5.35. The quantitative estimate of drug-likeness (QED) is 0.187. The van der Waals surface area contributed by atoms with E-state index >= 15 is 0 Å². The van der Waals surface area contributed by atoms with Crippen LogP contribution in [0.1, 0.15) is 33.4 Å². The number of rotatable bonds is 4. The molecule has 1 aromatic heterocycles. The predicted octanol–water partition coefficient (Wildman–Crippen LogP) is 8.84. The monoisotopic (exact) mass is 607 g/mol. The van der Waals surface area contributed by atoms with Crippen molar-refractivity contribution in [3.8, 4) is 17.1 Å². The lowest BCUT2D eigenvalue weighted by molar-refractivity contribution is 1.06. The molecule has 3 nitrogen and oxygen atoms in total. The molecule has 47 heavy (non-hydrogen) atoms. The molecule has 0 N–H and O–H groups in total. The number of anilines is 3. The number of hydrogen-bond acceptors (Lipinski definition) is 2. The van der Waals surface area contributed by atoms with E-state index in [0.29, 0.717) is 0 Å². The lowest BCUT2D eigenvalue weighted by Crippen LogP contribution is -2.58. The molecular weight excluding hydrogens is 569 g/mol. The fourth-order valence-corrected chi connectivity index (χ4v) is 7.95. The minimum absolute atomic E-state index is 0.106. The Balaban J connectivity index is 1.46. The molecule has 0 unspecified atom stereocenters. The minimum Gasteiger partial charge on any atom is -0.311 e. The average molecular weight is 608 g/mol. The molecule has 1 aliphatic heterocycles. The normalized spacial score (nSPS) is 12.4. The van der Waals surface area contributed by atoms with E-state index in [2.05, 4.69) is 172 Å². The zero-order valence-electron chi connectivity index (χ0n) is 28.0. The summed E-state index contributed by atoms with van der Waals surface area (Å²) >= 11 is 0. The van der Waals surface area contributed by atoms with Crippen LogP contribution in [0.3, 0.4) is 0 Å². The molecule has 0 fully saturated rings. The molecule has 2 heterocycles. The summed E-state index contributed by atoms with van der Waals surface area (Å²) in [5, 5.41) is 0. The molecule has 0 aliphatic carbocycles. The molecule has 0 atom stereocenters. The summed E-state index contributed by atoms with van der Waals surface area (Å²) in [5.41, 5.74) is 19.7. The summed E-state index contributed by atoms with van der Waals surface area (Å²) < 4.78 is 2.37. The fourth-order valence-electron chi connectivity index (χ4n) is 7.95. The number of aryl methyl sites for hydroxylation is 6. The third kappa shape index (κ3) is 4.54. The van der Waals surface area contributed by atoms with Crippen molar-refractivity contribution in [3.05, 3.63) is 155 Å². The summed E-state index contributed by atoms with van der Waals surface area (Å²) in [7, 11) is 0. The van der Waals surface area contributed by atoms with Crippen LogP contribution in [0.5, 0.6) is 0 Å². The fraction of sp³-hybridized carbons (Fsp3) is 0.140. The van der Waals surface area contributed by atoms with E-state index in [1.165, 1.54) is 72.5 Å². The van der Waals surface area contributed by atoms with E-state index in [9.17, 15) is 0 Å². The van der Waals surface area contributed by atoms with Gasteiger partial charge in [-0.3, -0.25) is 4.57 Å². The Morgan fingerprint density at radius 3 is 1.72 bits per heavy atom. The summed E-state index contributed by atoms with van der Waals surface area (Å²) in [6.45, 7) is 13.5. The van der Waals surface area contributed by atoms with Gasteiger partial charge in [0.15, 0.2) is 0 Å². The van der Waals surface area contributed by atoms with Gasteiger partial charge in [-0.2, -0.15) is 0 Å². The maximum absolute atomic E-state index is 5.32. The number of hydrogen-bond donors (Lipinski definition) is 0. The third-order valence-electron chi connectivity index (χ3n) is 10.0. The Morgan fingerprint density at radius 1 is 0.489 bits per heavy atom. The minimum atomic E-state index is 0.106. The van der Waals surface area contributed by atoms with Crippen LogP contribution in [0, 0.1) is 41.5 Å². The van der Waals surface area contributed by atoms with Gasteiger partial charge in [0.05, 0.1) is 22.4 Å². The van der Waals surface area contributed by atoms with Crippen LogP contribution in [0.15, 0.2) is 121 Å². The van der Waals surface area contributed by atoms with Gasteiger partial charge >= 0.3 is 0 Å². The Bertz CT molecular complexity index is 2290. The second-order valence-electron chi connectivity index (χ2n) is 13.1. The van der Waals surface area contributed by atoms with Gasteiger partial charge in [-0.25, -0.2) is 4.98 Å². The van der Waals surface area contributed by atoms with Gasteiger partial charge in [-0.05, 0) is 99.0 Å². The van der Waals surface area contributed by atoms with E-state index in [1.54, 1.807) is 0 Å². The number of fused-ring (bicyclic) bond motifs is 3. The summed E-state index contributed by atoms with van der Waals surface area (Å²) in [6.07, 6.45) is 0. The van der Waals surface area contributed by atoms with Crippen LogP contribution in [0.25, 0.3) is 28.1 Å². The number of imidazole rings is 1. The van der Waals surface area contributed by atoms with E-state index < -0.39 is 0 Å². The first kappa shape index (κ1) is 29.1. The van der Waals surface area contributed by atoms with Gasteiger partial charge < -0.3 is 4.90 Å². The van der Waals surface area contributed by atoms with E-state index in [1.807, 2.05) is 0 Å². The van der Waals surface area contributed by atoms with Gasteiger partial charge in [0, 0.05) is 16.9 Å². The van der Waals surface area contributed by atoms with Crippen molar-refractivity contribution >= 4 is 51.2 Å². The molecule has 8 rings (SSSR count). The smallest absolute Gasteiger partial charge is 0.247 e. The van der Waals surface area contributed by atoms with Crippen LogP contribution in [-0.4, -0.2) is 16.3 Å². The lowest BCUT2D eigenvalue weighted by Gasteiger charge is -2.39. The molecule has 0 saturated heterocycles. The predicted molar refractivity (Wildman–Crippen MR) is 201 cm³/mol. The highest BCUT2D eigenvalue weighted by atomic mass is 15.2. The van der Waals surface area contributed by atoms with Crippen LogP contribution < -0.4 is 21.3 Å². The van der Waals surface area contributed by atoms with E-state index in [4.69, 9.17) is 4.98 Å². The van der Waals surface area contributed by atoms with Gasteiger partial charge in [0.1, 0.15) is 5.82 Å². The van der Waals surface area contributed by atoms with Gasteiger partial charge in [0.25, 0.3) is 0 Å². The number of nitrogens with zero attached hydrogens (tertiary/aromatic N) is 3. The highest BCUT2D eigenvalue weighted by Gasteiger charge is 2.37. The van der Waals surface area contributed by atoms with Crippen LogP contribution in [-0.2, 0) is 0 Å². The number of benzene rings is 6. The molecule has 4 heteroatoms. The molecule has 228 valence electrons. The summed E-state index contributed by atoms with van der Waals surface area (Å²) in [6, 6.07) is 44.4. The molecule has 0 saturated carbocycles. The molecule has 0 amide bonds. The molecule has 6 aromatic carbocycles. The first-order chi connectivity index (χ1) is 22.8. The van der Waals surface area contributed by atoms with Crippen molar-refractivity contribution in [2.45, 2.75) is 41.5 Å². The van der Waals surface area contributed by atoms with Gasteiger partial charge in [-0.1, -0.05) is 114 Å². The van der Waals surface area contributed by atoms with Gasteiger partial charge in [0.2, 0.25) is 6.71 Å². The lowest BCUT2D eigenvalue weighted by atomic mass is 9.34. The molecule has 7 aromatic rings. The molecular formula is C43H38BN3. The topological polar surface area (TPSA) is 21.1 Å². The maximum atomic E-state index is 5.32. The van der Waals surface area contributed by atoms with Crippen LogP contribution >= 0.6 is 0 Å². The second-order valence-corrected chi connectivity index (χ2v) is 13.1. The van der Waals surface area contributed by atoms with Crippen molar-refractivity contribution in [3.63, 3.8) is 0 Å². The largest absolute Gasteiger partial charge is 0.311 e. The molecule has 0 bridgehead atoms. The molecule has 0 radical (unpaired) electrons. The first-order valence-electron chi connectivity index (χ1n) is 16.5. The van der Waals surface area contributed by atoms with Gasteiger partial charge in [-0.15, -0.1) is 0 Å². The number of para-hydroxylation sites is 5. The zero-order valence-corrected chi connectivity index (χ0v) is 28.0. The molecule has 0 spiro atoms. The van der Waals surface area contributed by atoms with Crippen molar-refractivity contribution in [2.24, 2.45) is 0 Å². The highest BCUT2D eigenvalue weighted by molar-refractivity contribution is 6.98. The maximum Gasteiger partial charge on any atom is 0.247 e. The number of aromatic nitrogens is 2. The zero-order chi connectivity index (χ0) is 32.4. The average Bonchev–Trinajstić information content (AvgIpc) is 3.44. The van der Waals surface area contributed by atoms with Crippen molar-refractivity contribution in [2.75, 3.05) is 4.90 Å². The Kier molecular flexibility index (Phi) is 6.91. The van der Waals surface area contributed by atoms with Crippen LogP contribution in [0.2, 0.25) is 0 Å². The SMILES string of the molecule is Cc1cccc(C)c1B1c2ccccc2N(c2c(C)cccc2C)c2cc(-c3nc4ccccc4n3-c3c(C)cccc3C)ccc21. The molecule has 1 aliphatic rings. The van der Waals surface area contributed by atoms with Crippen molar-refractivity contribution < 1.29 is 0 Å². The third-order valence-corrected chi connectivity index (χ3v) is 10.0. The standard InChI is InChI=1S/C43H38BN3/c1-27-14-11-15-28(2)40(27)44-34-20-7-9-22-37(34)46(41-29(3)16-12-17-30(41)4)39-26-33(24-25-35(39)44)43-45-36-21-8-10-23-38(36)47(43)42-31(5)18-13-19-32(42)6/h7-26H,1-6H3. The first-order valence-corrected chi connectivity index (χ1v) is 16.5. The van der Waals surface area contributed by atoms with E-state index in [0.717, 1.165) is 22.4 Å². The van der Waals surface area contributed by atoms with Crippen molar-refractivity contribution in [1.82, 2.24) is 9.55 Å². The van der Waals surface area contributed by atoms with Crippen molar-refractivity contribution in [1.29, 1.82) is 0 Å². The Morgan fingerprint density at radius 2 is 1.04 bits per heavy atom. The van der Waals surface area contributed by atoms with E-state index in [-0.39, 0.29) is 6.71 Å².